The summed E-state index contributed by atoms with van der Waals surface area (Å²) in [6.07, 6.45) is 2.19. The van der Waals surface area contributed by atoms with Crippen molar-refractivity contribution in [1.29, 1.82) is 0 Å². The van der Waals surface area contributed by atoms with Crippen LogP contribution in [0.1, 0.15) is 17.7 Å². The summed E-state index contributed by atoms with van der Waals surface area (Å²) in [6.45, 7) is 2.90. The van der Waals surface area contributed by atoms with Crippen LogP contribution >= 0.6 is 0 Å². The van der Waals surface area contributed by atoms with Gasteiger partial charge in [-0.05, 0) is 33.0 Å². The topological polar surface area (TPSA) is 62.6 Å². The van der Waals surface area contributed by atoms with Gasteiger partial charge in [-0.2, -0.15) is 0 Å². The van der Waals surface area contributed by atoms with Gasteiger partial charge in [0, 0.05) is 19.2 Å². The molecule has 0 bridgehead atoms. The van der Waals surface area contributed by atoms with Crippen molar-refractivity contribution in [1.82, 2.24) is 9.62 Å². The van der Waals surface area contributed by atoms with E-state index in [0.717, 1.165) is 11.3 Å². The Balaban J connectivity index is 2.57. The zero-order valence-electron chi connectivity index (χ0n) is 10.6. The number of nitrogens with zero attached hydrogens (tertiary/aromatic N) is 1. The summed E-state index contributed by atoms with van der Waals surface area (Å²) in [5, 5.41) is 2.94. The lowest BCUT2D eigenvalue weighted by Gasteiger charge is -2.16. The van der Waals surface area contributed by atoms with Crippen molar-refractivity contribution in [3.8, 4) is 0 Å². The van der Waals surface area contributed by atoms with Crippen LogP contribution in [0.5, 0.6) is 0 Å². The monoisotopic (exact) mass is 260 g/mol. The quantitative estimate of drug-likeness (QED) is 0.742. The van der Waals surface area contributed by atoms with Gasteiger partial charge in [0.25, 0.3) is 0 Å². The van der Waals surface area contributed by atoms with Crippen LogP contribution in [-0.2, 0) is 16.6 Å². The highest BCUT2D eigenvalue weighted by Crippen LogP contribution is 2.13. The molecule has 0 aliphatic carbocycles. The molecule has 0 amide bonds. The van der Waals surface area contributed by atoms with E-state index in [1.807, 2.05) is 14.0 Å². The summed E-state index contributed by atoms with van der Waals surface area (Å²) >= 11 is 0. The molecular formula is C11H20N2O3S. The molecule has 0 unspecified atom stereocenters. The molecule has 0 radical (unpaired) electrons. The van der Waals surface area contributed by atoms with Crippen LogP contribution in [0.3, 0.4) is 0 Å². The van der Waals surface area contributed by atoms with Crippen molar-refractivity contribution < 1.29 is 12.8 Å². The van der Waals surface area contributed by atoms with Gasteiger partial charge in [0.15, 0.2) is 0 Å². The minimum Gasteiger partial charge on any atom is -0.469 e. The summed E-state index contributed by atoms with van der Waals surface area (Å²) in [4.78, 5) is 0. The van der Waals surface area contributed by atoms with Gasteiger partial charge in [0.1, 0.15) is 5.76 Å². The van der Waals surface area contributed by atoms with Gasteiger partial charge in [-0.25, -0.2) is 12.7 Å². The molecule has 5 nitrogen and oxygen atoms in total. The van der Waals surface area contributed by atoms with E-state index >= 15 is 0 Å². The van der Waals surface area contributed by atoms with Crippen LogP contribution in [0.2, 0.25) is 0 Å². The predicted molar refractivity (Wildman–Crippen MR) is 67.2 cm³/mol. The highest BCUT2D eigenvalue weighted by molar-refractivity contribution is 7.89. The Kier molecular flexibility index (Phi) is 5.17. The molecule has 98 valence electrons. The fraction of sp³-hybridized carbons (Fsp3) is 0.636. The first-order valence-corrected chi connectivity index (χ1v) is 7.20. The highest BCUT2D eigenvalue weighted by atomic mass is 32.2. The Hall–Kier alpha value is -0.850. The SMILES string of the molecule is CNCCCS(=O)(=O)N(C)Cc1ccoc1C. The molecule has 0 saturated heterocycles. The number of nitrogens with one attached hydrogen (secondary N) is 1. The van der Waals surface area contributed by atoms with Crippen LogP contribution in [-0.4, -0.2) is 39.1 Å². The van der Waals surface area contributed by atoms with Crippen molar-refractivity contribution in [2.75, 3.05) is 26.4 Å². The van der Waals surface area contributed by atoms with E-state index < -0.39 is 10.0 Å². The van der Waals surface area contributed by atoms with E-state index in [1.165, 1.54) is 4.31 Å². The second-order valence-corrected chi connectivity index (χ2v) is 6.23. The van der Waals surface area contributed by atoms with E-state index in [2.05, 4.69) is 5.32 Å². The van der Waals surface area contributed by atoms with E-state index in [4.69, 9.17) is 4.42 Å². The molecule has 0 aliphatic heterocycles. The average molecular weight is 260 g/mol. The molecule has 1 heterocycles. The van der Waals surface area contributed by atoms with E-state index in [9.17, 15) is 8.42 Å². The van der Waals surface area contributed by atoms with Crippen molar-refractivity contribution in [2.45, 2.75) is 19.9 Å². The number of rotatable bonds is 7. The second kappa shape index (κ2) is 6.18. The lowest BCUT2D eigenvalue weighted by molar-refractivity contribution is 0.457. The molecule has 0 aromatic carbocycles. The third-order valence-electron chi connectivity index (χ3n) is 2.66. The third kappa shape index (κ3) is 4.14. The van der Waals surface area contributed by atoms with Crippen molar-refractivity contribution in [3.05, 3.63) is 23.7 Å². The second-order valence-electron chi connectivity index (χ2n) is 4.03. The first-order chi connectivity index (χ1) is 7.97. The molecule has 0 aliphatic rings. The number of aryl methyl sites for hydroxylation is 1. The molecule has 1 N–H and O–H groups in total. The largest absolute Gasteiger partial charge is 0.469 e. The van der Waals surface area contributed by atoms with Crippen molar-refractivity contribution in [3.63, 3.8) is 0 Å². The number of sulfonamides is 1. The first kappa shape index (κ1) is 14.2. The molecule has 0 saturated carbocycles. The van der Waals surface area contributed by atoms with Gasteiger partial charge in [0.05, 0.1) is 12.0 Å². The molecule has 6 heteroatoms. The maximum atomic E-state index is 11.9. The zero-order chi connectivity index (χ0) is 12.9. The first-order valence-electron chi connectivity index (χ1n) is 5.59. The Morgan fingerprint density at radius 1 is 1.47 bits per heavy atom. The molecule has 1 aromatic rings. The van der Waals surface area contributed by atoms with E-state index in [0.29, 0.717) is 19.5 Å². The number of hydrogen-bond acceptors (Lipinski definition) is 4. The Morgan fingerprint density at radius 3 is 2.71 bits per heavy atom. The minimum atomic E-state index is -3.17. The Morgan fingerprint density at radius 2 is 2.18 bits per heavy atom. The van der Waals surface area contributed by atoms with Gasteiger partial charge >= 0.3 is 0 Å². The standard InChI is InChI=1S/C11H20N2O3S/c1-10-11(5-7-16-10)9-13(3)17(14,15)8-4-6-12-2/h5,7,12H,4,6,8-9H2,1-3H3. The summed E-state index contributed by atoms with van der Waals surface area (Å²) in [6, 6.07) is 1.80. The smallest absolute Gasteiger partial charge is 0.214 e. The third-order valence-corrected chi connectivity index (χ3v) is 4.55. The summed E-state index contributed by atoms with van der Waals surface area (Å²) in [5.41, 5.74) is 0.907. The van der Waals surface area contributed by atoms with Gasteiger partial charge < -0.3 is 9.73 Å². The summed E-state index contributed by atoms with van der Waals surface area (Å²) in [7, 11) is 0.235. The van der Waals surface area contributed by atoms with Gasteiger partial charge in [0.2, 0.25) is 10.0 Å². The normalized spacial score (nSPS) is 12.2. The van der Waals surface area contributed by atoms with Crippen molar-refractivity contribution >= 4 is 10.0 Å². The van der Waals surface area contributed by atoms with Gasteiger partial charge in [-0.15, -0.1) is 0 Å². The van der Waals surface area contributed by atoms with Crippen LogP contribution in [0.4, 0.5) is 0 Å². The van der Waals surface area contributed by atoms with Crippen molar-refractivity contribution in [2.24, 2.45) is 0 Å². The molecule has 0 spiro atoms. The molecule has 0 atom stereocenters. The molecule has 1 aromatic heterocycles. The van der Waals surface area contributed by atoms with Crippen LogP contribution in [0, 0.1) is 6.92 Å². The fourth-order valence-corrected chi connectivity index (χ4v) is 2.66. The highest BCUT2D eigenvalue weighted by Gasteiger charge is 2.18. The maximum Gasteiger partial charge on any atom is 0.214 e. The van der Waals surface area contributed by atoms with E-state index in [-0.39, 0.29) is 5.75 Å². The zero-order valence-corrected chi connectivity index (χ0v) is 11.4. The Bertz CT molecular complexity index is 439. The molecule has 0 fully saturated rings. The average Bonchev–Trinajstić information content (AvgIpc) is 2.64. The lowest BCUT2D eigenvalue weighted by atomic mass is 10.3. The molecule has 17 heavy (non-hydrogen) atoms. The van der Waals surface area contributed by atoms with Crippen LogP contribution in [0.15, 0.2) is 16.7 Å². The fourth-order valence-electron chi connectivity index (χ4n) is 1.50. The maximum absolute atomic E-state index is 11.9. The lowest BCUT2D eigenvalue weighted by Crippen LogP contribution is -2.30. The Labute approximate surface area is 103 Å². The number of furan rings is 1. The molecule has 1 rings (SSSR count). The number of hydrogen-bond donors (Lipinski definition) is 1. The van der Waals surface area contributed by atoms with Crippen LogP contribution < -0.4 is 5.32 Å². The summed E-state index contributed by atoms with van der Waals surface area (Å²) in [5.74, 6) is 0.934. The summed E-state index contributed by atoms with van der Waals surface area (Å²) < 4.78 is 30.3. The van der Waals surface area contributed by atoms with Crippen LogP contribution in [0.25, 0.3) is 0 Å². The van der Waals surface area contributed by atoms with Gasteiger partial charge in [-0.3, -0.25) is 0 Å². The van der Waals surface area contributed by atoms with Gasteiger partial charge in [-0.1, -0.05) is 0 Å². The minimum absolute atomic E-state index is 0.168. The predicted octanol–water partition coefficient (Wildman–Crippen LogP) is 0.959. The van der Waals surface area contributed by atoms with E-state index in [1.54, 1.807) is 19.4 Å². The molecular weight excluding hydrogens is 240 g/mol.